The second-order valence-electron chi connectivity index (χ2n) is 8.61. The van der Waals surface area contributed by atoms with Crippen molar-refractivity contribution in [2.45, 2.75) is 26.2 Å². The number of anilines is 1. The highest BCUT2D eigenvalue weighted by atomic mass is 35.5. The average molecular weight is 485 g/mol. The van der Waals surface area contributed by atoms with Crippen molar-refractivity contribution in [2.75, 3.05) is 11.5 Å². The molecule has 1 aliphatic carbocycles. The molecule has 1 saturated heterocycles. The van der Waals surface area contributed by atoms with Crippen molar-refractivity contribution in [1.82, 2.24) is 0 Å². The van der Waals surface area contributed by atoms with Crippen molar-refractivity contribution < 1.29 is 28.8 Å². The number of imide groups is 1. The fourth-order valence-electron chi connectivity index (χ4n) is 4.51. The maximum Gasteiger partial charge on any atom is 0.338 e. The molecule has 2 fully saturated rings. The molecule has 9 nitrogen and oxygen atoms in total. The first-order valence-corrected chi connectivity index (χ1v) is 11.2. The minimum absolute atomic E-state index is 0.0129. The Labute approximate surface area is 199 Å². The summed E-state index contributed by atoms with van der Waals surface area (Å²) in [5.74, 6) is -2.02. The van der Waals surface area contributed by atoms with Crippen molar-refractivity contribution in [1.29, 1.82) is 0 Å². The molecule has 0 aromatic heterocycles. The van der Waals surface area contributed by atoms with E-state index in [1.807, 2.05) is 0 Å². The molecule has 0 N–H and O–H groups in total. The largest absolute Gasteiger partial charge is 0.454 e. The van der Waals surface area contributed by atoms with Crippen LogP contribution in [-0.4, -0.2) is 35.1 Å². The van der Waals surface area contributed by atoms with Crippen LogP contribution in [0.5, 0.6) is 0 Å². The topological polar surface area (TPSA) is 124 Å². The van der Waals surface area contributed by atoms with Gasteiger partial charge in [-0.1, -0.05) is 18.5 Å². The highest BCUT2D eigenvalue weighted by Gasteiger charge is 2.49. The maximum absolute atomic E-state index is 12.8. The first-order valence-electron chi connectivity index (χ1n) is 10.8. The molecule has 1 heterocycles. The van der Waals surface area contributed by atoms with E-state index >= 15 is 0 Å². The van der Waals surface area contributed by atoms with E-state index in [1.54, 1.807) is 0 Å². The first-order chi connectivity index (χ1) is 16.2. The van der Waals surface area contributed by atoms with Crippen LogP contribution in [0.3, 0.4) is 0 Å². The minimum Gasteiger partial charge on any atom is -0.454 e. The third-order valence-electron chi connectivity index (χ3n) is 6.35. The van der Waals surface area contributed by atoms with Gasteiger partial charge in [-0.3, -0.25) is 29.4 Å². The molecule has 2 aliphatic rings. The number of hydrogen-bond donors (Lipinski definition) is 0. The molecule has 2 amide bonds. The number of fused-ring (bicyclic) bond motifs is 1. The lowest BCUT2D eigenvalue weighted by atomic mass is 9.76. The van der Waals surface area contributed by atoms with Crippen LogP contribution in [0.4, 0.5) is 11.4 Å². The number of carbonyl (C=O) groups is 4. The quantitative estimate of drug-likeness (QED) is 0.198. The lowest BCUT2D eigenvalue weighted by molar-refractivity contribution is -0.384. The predicted octanol–water partition coefficient (Wildman–Crippen LogP) is 4.21. The van der Waals surface area contributed by atoms with Crippen LogP contribution in [0.25, 0.3) is 0 Å². The highest BCUT2D eigenvalue weighted by Crippen LogP contribution is 2.42. The molecule has 0 unspecified atom stereocenters. The Kier molecular flexibility index (Phi) is 6.47. The third-order valence-corrected chi connectivity index (χ3v) is 6.67. The Bertz CT molecular complexity index is 1190. The number of carbonyl (C=O) groups excluding carboxylic acids is 4. The number of Topliss-reactive ketones (excluding diaryl/α,β-unsaturated/α-hetero) is 1. The van der Waals surface area contributed by atoms with Crippen LogP contribution in [0, 0.1) is 27.9 Å². The van der Waals surface area contributed by atoms with Gasteiger partial charge in [-0.15, -0.1) is 0 Å². The normalized spacial score (nSPS) is 21.8. The Morgan fingerprint density at radius 1 is 1.06 bits per heavy atom. The van der Waals surface area contributed by atoms with Gasteiger partial charge in [-0.05, 0) is 61.6 Å². The number of nitro benzene ring substituents is 1. The summed E-state index contributed by atoms with van der Waals surface area (Å²) < 4.78 is 5.03. The van der Waals surface area contributed by atoms with Crippen molar-refractivity contribution >= 4 is 46.5 Å². The number of ketones is 1. The molecule has 34 heavy (non-hydrogen) atoms. The number of amides is 2. The second-order valence-corrected chi connectivity index (χ2v) is 9.02. The van der Waals surface area contributed by atoms with Gasteiger partial charge in [-0.2, -0.15) is 0 Å². The van der Waals surface area contributed by atoms with Gasteiger partial charge in [0.05, 0.1) is 28.0 Å². The smallest absolute Gasteiger partial charge is 0.338 e. The Morgan fingerprint density at radius 3 is 2.38 bits per heavy atom. The van der Waals surface area contributed by atoms with Gasteiger partial charge in [0.1, 0.15) is 5.02 Å². The zero-order chi connectivity index (χ0) is 24.6. The summed E-state index contributed by atoms with van der Waals surface area (Å²) >= 11 is 5.74. The van der Waals surface area contributed by atoms with Gasteiger partial charge in [0, 0.05) is 11.6 Å². The number of nitro groups is 1. The second kappa shape index (κ2) is 9.34. The zero-order valence-corrected chi connectivity index (χ0v) is 19.0. The summed E-state index contributed by atoms with van der Waals surface area (Å²) in [5, 5.41) is 10.9. The standard InChI is InChI=1S/C24H21ClN2O7/c1-13-2-8-17-18(10-13)23(30)26(22(17)29)16-6-3-14(4-7-16)24(31)34-12-21(28)15-5-9-19(25)20(11-15)27(32)33/h3-7,9,11,13,17-18H,2,8,10,12H2,1H3/t13-,17+,18+/m0/s1. The molecule has 2 aromatic carbocycles. The van der Waals surface area contributed by atoms with Crippen LogP contribution in [0.1, 0.15) is 46.9 Å². The molecule has 0 radical (unpaired) electrons. The van der Waals surface area contributed by atoms with E-state index in [1.165, 1.54) is 41.3 Å². The summed E-state index contributed by atoms with van der Waals surface area (Å²) in [4.78, 5) is 61.8. The minimum atomic E-state index is -0.787. The van der Waals surface area contributed by atoms with Gasteiger partial charge in [-0.25, -0.2) is 4.79 Å². The van der Waals surface area contributed by atoms with E-state index in [0.29, 0.717) is 24.4 Å². The SMILES string of the molecule is C[C@H]1CC[C@H]2C(=O)N(c3ccc(C(=O)OCC(=O)c4ccc(Cl)c([N+](=O)[O-])c4)cc3)C(=O)[C@@H]2C1. The summed E-state index contributed by atoms with van der Waals surface area (Å²) in [7, 11) is 0. The van der Waals surface area contributed by atoms with E-state index in [4.69, 9.17) is 16.3 Å². The summed E-state index contributed by atoms with van der Waals surface area (Å²) in [5.41, 5.74) is 0.0813. The van der Waals surface area contributed by atoms with E-state index in [-0.39, 0.29) is 39.8 Å². The summed E-state index contributed by atoms with van der Waals surface area (Å²) in [6, 6.07) is 9.39. The molecule has 0 spiro atoms. The Balaban J connectivity index is 1.40. The van der Waals surface area contributed by atoms with E-state index < -0.39 is 29.0 Å². The third kappa shape index (κ3) is 4.43. The van der Waals surface area contributed by atoms with Crippen LogP contribution >= 0.6 is 11.6 Å². The monoisotopic (exact) mass is 484 g/mol. The number of halogens is 1. The number of benzene rings is 2. The van der Waals surface area contributed by atoms with Gasteiger partial charge in [0.15, 0.2) is 6.61 Å². The molecule has 1 aliphatic heterocycles. The van der Waals surface area contributed by atoms with Gasteiger partial charge < -0.3 is 4.74 Å². The van der Waals surface area contributed by atoms with Crippen molar-refractivity contribution in [3.05, 3.63) is 68.7 Å². The van der Waals surface area contributed by atoms with Crippen molar-refractivity contribution in [3.63, 3.8) is 0 Å². The molecular weight excluding hydrogens is 464 g/mol. The number of rotatable bonds is 6. The lowest BCUT2D eigenvalue weighted by Gasteiger charge is -2.25. The molecule has 176 valence electrons. The van der Waals surface area contributed by atoms with Gasteiger partial charge in [0.25, 0.3) is 5.69 Å². The molecular formula is C24H21ClN2O7. The van der Waals surface area contributed by atoms with Crippen LogP contribution in [0.15, 0.2) is 42.5 Å². The summed E-state index contributed by atoms with van der Waals surface area (Å²) in [6.45, 7) is 1.46. The molecule has 1 saturated carbocycles. The molecule has 4 rings (SSSR count). The first kappa shape index (κ1) is 23.6. The number of esters is 1. The number of hydrogen-bond acceptors (Lipinski definition) is 7. The number of ether oxygens (including phenoxy) is 1. The molecule has 2 aromatic rings. The van der Waals surface area contributed by atoms with Gasteiger partial charge >= 0.3 is 5.97 Å². The molecule has 0 bridgehead atoms. The van der Waals surface area contributed by atoms with Gasteiger partial charge in [0.2, 0.25) is 17.6 Å². The van der Waals surface area contributed by atoms with Crippen LogP contribution in [0.2, 0.25) is 5.02 Å². The van der Waals surface area contributed by atoms with Crippen LogP contribution < -0.4 is 4.90 Å². The molecule has 10 heteroatoms. The zero-order valence-electron chi connectivity index (χ0n) is 18.2. The van der Waals surface area contributed by atoms with E-state index in [0.717, 1.165) is 12.5 Å². The fraction of sp³-hybridized carbons (Fsp3) is 0.333. The Morgan fingerprint density at radius 2 is 1.71 bits per heavy atom. The summed E-state index contributed by atoms with van der Waals surface area (Å²) in [6.07, 6.45) is 2.31. The maximum atomic E-state index is 12.8. The van der Waals surface area contributed by atoms with Crippen molar-refractivity contribution in [2.24, 2.45) is 17.8 Å². The molecule has 3 atom stereocenters. The fourth-order valence-corrected chi connectivity index (χ4v) is 4.70. The van der Waals surface area contributed by atoms with E-state index in [2.05, 4.69) is 6.92 Å². The average Bonchev–Trinajstić information content (AvgIpc) is 3.06. The Hall–Kier alpha value is -3.59. The number of nitrogens with zero attached hydrogens (tertiary/aromatic N) is 2. The highest BCUT2D eigenvalue weighted by molar-refractivity contribution is 6.32. The van der Waals surface area contributed by atoms with Crippen LogP contribution in [-0.2, 0) is 14.3 Å². The predicted molar refractivity (Wildman–Crippen MR) is 122 cm³/mol. The van der Waals surface area contributed by atoms with Crippen molar-refractivity contribution in [3.8, 4) is 0 Å². The van der Waals surface area contributed by atoms with E-state index in [9.17, 15) is 29.3 Å². The lowest BCUT2D eigenvalue weighted by Crippen LogP contribution is -2.30.